The smallest absolute Gasteiger partial charge is 0.224 e. The predicted molar refractivity (Wildman–Crippen MR) is 54.8 cm³/mol. The molecule has 4 nitrogen and oxygen atoms in total. The van der Waals surface area contributed by atoms with Crippen LogP contribution in [0.3, 0.4) is 0 Å². The first-order chi connectivity index (χ1) is 7.20. The van der Waals surface area contributed by atoms with Crippen molar-refractivity contribution >= 4 is 5.91 Å². The third-order valence-electron chi connectivity index (χ3n) is 3.60. The minimum Gasteiger partial charge on any atom is -0.350 e. The highest BCUT2D eigenvalue weighted by atomic mass is 16.2. The van der Waals surface area contributed by atoms with E-state index >= 15 is 0 Å². The summed E-state index contributed by atoms with van der Waals surface area (Å²) in [5.41, 5.74) is 1.38. The zero-order chi connectivity index (χ0) is 10.5. The van der Waals surface area contributed by atoms with Crippen molar-refractivity contribution in [2.24, 2.45) is 18.4 Å². The second-order valence-electron chi connectivity index (χ2n) is 4.87. The highest BCUT2D eigenvalue weighted by Gasteiger charge is 2.65. The summed E-state index contributed by atoms with van der Waals surface area (Å²) in [5.74, 6) is 0.527. The van der Waals surface area contributed by atoms with Gasteiger partial charge in [-0.05, 0) is 24.7 Å². The van der Waals surface area contributed by atoms with Gasteiger partial charge in [0, 0.05) is 19.2 Å². The summed E-state index contributed by atoms with van der Waals surface area (Å²) in [5, 5.41) is 2.96. The van der Waals surface area contributed by atoms with E-state index < -0.39 is 0 Å². The Labute approximate surface area is 88.7 Å². The number of nitrogens with zero attached hydrogens (tertiary/aromatic N) is 2. The van der Waals surface area contributed by atoms with Crippen molar-refractivity contribution in [1.29, 1.82) is 0 Å². The summed E-state index contributed by atoms with van der Waals surface area (Å²) in [6, 6.07) is 0. The second-order valence-corrected chi connectivity index (χ2v) is 4.87. The summed E-state index contributed by atoms with van der Waals surface area (Å²) >= 11 is 0. The highest BCUT2D eigenvalue weighted by Crippen LogP contribution is 2.70. The fourth-order valence-electron chi connectivity index (χ4n) is 2.29. The maximum Gasteiger partial charge on any atom is 0.224 e. The van der Waals surface area contributed by atoms with Crippen molar-refractivity contribution in [3.05, 3.63) is 18.2 Å². The monoisotopic (exact) mass is 205 g/mol. The van der Waals surface area contributed by atoms with Gasteiger partial charge in [0.15, 0.2) is 0 Å². The van der Waals surface area contributed by atoms with Crippen LogP contribution in [0.5, 0.6) is 0 Å². The molecule has 4 heteroatoms. The summed E-state index contributed by atoms with van der Waals surface area (Å²) in [4.78, 5) is 15.9. The van der Waals surface area contributed by atoms with Crippen molar-refractivity contribution in [2.45, 2.75) is 25.8 Å². The maximum atomic E-state index is 11.7. The number of amides is 1. The molecule has 0 radical (unpaired) electrons. The standard InChI is InChI=1S/C11H15N3O/c1-14-6-8(13-7-14)5-12-10(15)9-4-11(9)2-3-11/h6-7,9H,2-5H2,1H3,(H,12,15). The number of hydrogen-bond donors (Lipinski definition) is 1. The average Bonchev–Trinajstić information content (AvgIpc) is 3.11. The first kappa shape index (κ1) is 8.95. The molecule has 15 heavy (non-hydrogen) atoms. The number of imidazole rings is 1. The minimum atomic E-state index is 0.221. The number of carbonyl (C=O) groups excluding carboxylic acids is 1. The molecular formula is C11H15N3O. The molecule has 2 aliphatic rings. The lowest BCUT2D eigenvalue weighted by Gasteiger charge is -2.01. The van der Waals surface area contributed by atoms with Crippen LogP contribution < -0.4 is 5.32 Å². The third kappa shape index (κ3) is 1.54. The van der Waals surface area contributed by atoms with E-state index in [0.717, 1.165) is 12.1 Å². The number of rotatable bonds is 3. The quantitative estimate of drug-likeness (QED) is 0.794. The zero-order valence-electron chi connectivity index (χ0n) is 8.86. The normalized spacial score (nSPS) is 25.3. The molecule has 1 unspecified atom stereocenters. The Morgan fingerprint density at radius 3 is 3.07 bits per heavy atom. The molecule has 1 spiro atoms. The Bertz CT molecular complexity index is 406. The highest BCUT2D eigenvalue weighted by molar-refractivity contribution is 5.83. The predicted octanol–water partition coefficient (Wildman–Crippen LogP) is 0.836. The van der Waals surface area contributed by atoms with Crippen LogP contribution in [-0.2, 0) is 18.4 Å². The molecule has 2 aliphatic carbocycles. The molecule has 0 bridgehead atoms. The van der Waals surface area contributed by atoms with Gasteiger partial charge in [-0.3, -0.25) is 4.79 Å². The van der Waals surface area contributed by atoms with E-state index in [1.165, 1.54) is 12.8 Å². The molecule has 80 valence electrons. The van der Waals surface area contributed by atoms with Crippen LogP contribution in [0.2, 0.25) is 0 Å². The Balaban J connectivity index is 1.52. The van der Waals surface area contributed by atoms with Gasteiger partial charge in [-0.25, -0.2) is 4.98 Å². The Kier molecular flexibility index (Phi) is 1.69. The van der Waals surface area contributed by atoms with Gasteiger partial charge in [0.1, 0.15) is 0 Å². The van der Waals surface area contributed by atoms with E-state index in [2.05, 4.69) is 10.3 Å². The van der Waals surface area contributed by atoms with Crippen molar-refractivity contribution in [3.63, 3.8) is 0 Å². The van der Waals surface area contributed by atoms with Crippen LogP contribution in [0, 0.1) is 11.3 Å². The van der Waals surface area contributed by atoms with Crippen LogP contribution >= 0.6 is 0 Å². The second kappa shape index (κ2) is 2.84. The summed E-state index contributed by atoms with van der Waals surface area (Å²) in [7, 11) is 1.93. The van der Waals surface area contributed by atoms with Crippen LogP contribution in [0.25, 0.3) is 0 Å². The van der Waals surface area contributed by atoms with Crippen LogP contribution in [0.1, 0.15) is 25.0 Å². The van der Waals surface area contributed by atoms with E-state index in [4.69, 9.17) is 0 Å². The molecule has 3 rings (SSSR count). The minimum absolute atomic E-state index is 0.221. The molecular weight excluding hydrogens is 190 g/mol. The van der Waals surface area contributed by atoms with Gasteiger partial charge in [0.05, 0.1) is 18.6 Å². The van der Waals surface area contributed by atoms with Gasteiger partial charge in [-0.2, -0.15) is 0 Å². The molecule has 1 amide bonds. The maximum absolute atomic E-state index is 11.7. The lowest BCUT2D eigenvalue weighted by atomic mass is 10.3. The van der Waals surface area contributed by atoms with E-state index in [1.807, 2.05) is 17.8 Å². The molecule has 1 aromatic rings. The molecule has 2 fully saturated rings. The Morgan fingerprint density at radius 2 is 2.53 bits per heavy atom. The van der Waals surface area contributed by atoms with Crippen molar-refractivity contribution < 1.29 is 4.79 Å². The lowest BCUT2D eigenvalue weighted by Crippen LogP contribution is -2.25. The van der Waals surface area contributed by atoms with Gasteiger partial charge in [-0.1, -0.05) is 0 Å². The van der Waals surface area contributed by atoms with Crippen LogP contribution in [0.4, 0.5) is 0 Å². The largest absolute Gasteiger partial charge is 0.350 e. The van der Waals surface area contributed by atoms with E-state index in [9.17, 15) is 4.79 Å². The summed E-state index contributed by atoms with van der Waals surface area (Å²) < 4.78 is 1.89. The van der Waals surface area contributed by atoms with E-state index in [1.54, 1.807) is 6.33 Å². The SMILES string of the molecule is Cn1cnc(CNC(=O)C2CC23CC3)c1. The van der Waals surface area contributed by atoms with E-state index in [-0.39, 0.29) is 5.91 Å². The summed E-state index contributed by atoms with van der Waals surface area (Å²) in [6.07, 6.45) is 7.31. The topological polar surface area (TPSA) is 46.9 Å². The van der Waals surface area contributed by atoms with Crippen molar-refractivity contribution in [3.8, 4) is 0 Å². The molecule has 0 aliphatic heterocycles. The number of hydrogen-bond acceptors (Lipinski definition) is 2. The van der Waals surface area contributed by atoms with Gasteiger partial charge >= 0.3 is 0 Å². The van der Waals surface area contributed by atoms with Crippen molar-refractivity contribution in [1.82, 2.24) is 14.9 Å². The van der Waals surface area contributed by atoms with E-state index in [0.29, 0.717) is 17.9 Å². The third-order valence-corrected chi connectivity index (χ3v) is 3.60. The van der Waals surface area contributed by atoms with Crippen LogP contribution in [0.15, 0.2) is 12.5 Å². The van der Waals surface area contributed by atoms with Gasteiger partial charge in [0.2, 0.25) is 5.91 Å². The number of aryl methyl sites for hydroxylation is 1. The first-order valence-corrected chi connectivity index (χ1v) is 5.44. The zero-order valence-corrected chi connectivity index (χ0v) is 8.86. The molecule has 0 saturated heterocycles. The van der Waals surface area contributed by atoms with Gasteiger partial charge in [-0.15, -0.1) is 0 Å². The number of carbonyl (C=O) groups is 1. The molecule has 1 N–H and O–H groups in total. The molecule has 1 heterocycles. The van der Waals surface area contributed by atoms with Crippen molar-refractivity contribution in [2.75, 3.05) is 0 Å². The van der Waals surface area contributed by atoms with Gasteiger partial charge < -0.3 is 9.88 Å². The Hall–Kier alpha value is -1.32. The molecule has 1 aromatic heterocycles. The number of aromatic nitrogens is 2. The number of nitrogens with one attached hydrogen (secondary N) is 1. The average molecular weight is 205 g/mol. The fourth-order valence-corrected chi connectivity index (χ4v) is 2.29. The summed E-state index contributed by atoms with van der Waals surface area (Å²) in [6.45, 7) is 0.562. The van der Waals surface area contributed by atoms with Gasteiger partial charge in [0.25, 0.3) is 0 Å². The lowest BCUT2D eigenvalue weighted by molar-refractivity contribution is -0.122. The fraction of sp³-hybridized carbons (Fsp3) is 0.636. The van der Waals surface area contributed by atoms with Crippen LogP contribution in [-0.4, -0.2) is 15.5 Å². The molecule has 2 saturated carbocycles. The molecule has 1 atom stereocenters. The first-order valence-electron chi connectivity index (χ1n) is 5.44. The molecule has 0 aromatic carbocycles. The Morgan fingerprint density at radius 1 is 1.73 bits per heavy atom.